The Morgan fingerprint density at radius 1 is 1.27 bits per heavy atom. The maximum atomic E-state index is 5.74. The van der Waals surface area contributed by atoms with Crippen LogP contribution in [0.4, 0.5) is 0 Å². The Hall–Kier alpha value is -0.0800. The third-order valence-electron chi connectivity index (χ3n) is 2.40. The van der Waals surface area contributed by atoms with Crippen molar-refractivity contribution in [2.45, 2.75) is 58.5 Å². The van der Waals surface area contributed by atoms with E-state index in [4.69, 9.17) is 9.47 Å². The lowest BCUT2D eigenvalue weighted by molar-refractivity contribution is -0.161. The highest BCUT2D eigenvalue weighted by Gasteiger charge is 2.39. The Morgan fingerprint density at radius 3 is 2.18 bits per heavy atom. The van der Waals surface area contributed by atoms with E-state index < -0.39 is 0 Å². The van der Waals surface area contributed by atoms with Crippen LogP contribution in [0.15, 0.2) is 0 Å². The molecule has 11 heavy (non-hydrogen) atoms. The van der Waals surface area contributed by atoms with Crippen molar-refractivity contribution in [3.8, 4) is 0 Å². The molecule has 0 aromatic rings. The molecule has 0 spiro atoms. The number of hydrogen-bond acceptors (Lipinski definition) is 2. The lowest BCUT2D eigenvalue weighted by Gasteiger charge is -2.20. The molecule has 0 aliphatic carbocycles. The fourth-order valence-electron chi connectivity index (χ4n) is 1.49. The zero-order valence-corrected chi connectivity index (χ0v) is 7.89. The summed E-state index contributed by atoms with van der Waals surface area (Å²) in [7, 11) is 0. The summed E-state index contributed by atoms with van der Waals surface area (Å²) in [4.78, 5) is 0. The highest BCUT2D eigenvalue weighted by Crippen LogP contribution is 2.32. The van der Waals surface area contributed by atoms with Gasteiger partial charge in [0.15, 0.2) is 5.79 Å². The van der Waals surface area contributed by atoms with E-state index in [9.17, 15) is 0 Å². The maximum absolute atomic E-state index is 5.74. The van der Waals surface area contributed by atoms with Gasteiger partial charge in [0.05, 0.1) is 12.2 Å². The summed E-state index contributed by atoms with van der Waals surface area (Å²) < 4.78 is 11.4. The van der Waals surface area contributed by atoms with Gasteiger partial charge in [-0.15, -0.1) is 0 Å². The van der Waals surface area contributed by atoms with Gasteiger partial charge in [0.2, 0.25) is 0 Å². The summed E-state index contributed by atoms with van der Waals surface area (Å²) >= 11 is 0. The maximum Gasteiger partial charge on any atom is 0.166 e. The van der Waals surface area contributed by atoms with E-state index in [1.165, 1.54) is 0 Å². The number of ether oxygens (including phenoxy) is 2. The minimum atomic E-state index is -0.319. The van der Waals surface area contributed by atoms with Gasteiger partial charge in [-0.1, -0.05) is 13.8 Å². The predicted molar refractivity (Wildman–Crippen MR) is 44.4 cm³/mol. The first-order valence-electron chi connectivity index (χ1n) is 4.47. The molecule has 1 aliphatic heterocycles. The second-order valence-electron chi connectivity index (χ2n) is 3.37. The molecule has 66 valence electrons. The molecule has 1 rings (SSSR count). The van der Waals surface area contributed by atoms with Crippen LogP contribution in [0.25, 0.3) is 0 Å². The summed E-state index contributed by atoms with van der Waals surface area (Å²) in [5.41, 5.74) is 0. The van der Waals surface area contributed by atoms with Crippen LogP contribution in [-0.4, -0.2) is 18.0 Å². The van der Waals surface area contributed by atoms with Gasteiger partial charge in [-0.05, 0) is 26.7 Å². The van der Waals surface area contributed by atoms with Crippen molar-refractivity contribution in [1.82, 2.24) is 0 Å². The molecular formula is C9H18O2. The number of rotatable bonds is 2. The second kappa shape index (κ2) is 3.11. The molecule has 0 saturated carbocycles. The van der Waals surface area contributed by atoms with Gasteiger partial charge in [0, 0.05) is 0 Å². The first-order chi connectivity index (χ1) is 5.11. The molecule has 1 fully saturated rings. The fourth-order valence-corrected chi connectivity index (χ4v) is 1.49. The van der Waals surface area contributed by atoms with E-state index in [2.05, 4.69) is 20.8 Å². The molecule has 1 saturated heterocycles. The van der Waals surface area contributed by atoms with E-state index in [1.54, 1.807) is 0 Å². The van der Waals surface area contributed by atoms with Crippen LogP contribution >= 0.6 is 0 Å². The van der Waals surface area contributed by atoms with Crippen molar-refractivity contribution < 1.29 is 9.47 Å². The van der Waals surface area contributed by atoms with Crippen LogP contribution in [-0.2, 0) is 9.47 Å². The van der Waals surface area contributed by atoms with Gasteiger partial charge in [0.25, 0.3) is 0 Å². The van der Waals surface area contributed by atoms with Crippen molar-refractivity contribution in [1.29, 1.82) is 0 Å². The summed E-state index contributed by atoms with van der Waals surface area (Å²) in [6.07, 6.45) is 2.51. The Labute approximate surface area is 68.9 Å². The average Bonchev–Trinajstić information content (AvgIpc) is 2.27. The van der Waals surface area contributed by atoms with E-state index in [0.717, 1.165) is 12.8 Å². The largest absolute Gasteiger partial charge is 0.345 e. The number of hydrogen-bond donors (Lipinski definition) is 0. The molecular weight excluding hydrogens is 140 g/mol. The van der Waals surface area contributed by atoms with Gasteiger partial charge in [-0.25, -0.2) is 0 Å². The highest BCUT2D eigenvalue weighted by atomic mass is 16.8. The van der Waals surface area contributed by atoms with Gasteiger partial charge in [-0.2, -0.15) is 0 Å². The van der Waals surface area contributed by atoms with Crippen LogP contribution in [0.5, 0.6) is 0 Å². The molecule has 3 atom stereocenters. The summed E-state index contributed by atoms with van der Waals surface area (Å²) in [5.74, 6) is -0.319. The first-order valence-corrected chi connectivity index (χ1v) is 4.47. The Balaban J connectivity index is 2.55. The van der Waals surface area contributed by atoms with Crippen molar-refractivity contribution in [2.24, 2.45) is 0 Å². The summed E-state index contributed by atoms with van der Waals surface area (Å²) in [5, 5.41) is 0. The smallest absolute Gasteiger partial charge is 0.166 e. The normalized spacial score (nSPS) is 44.7. The van der Waals surface area contributed by atoms with Crippen molar-refractivity contribution in [3.63, 3.8) is 0 Å². The standard InChI is InChI=1S/C9H18O2/c1-5-8-7(3)10-9(4,6-2)11-8/h7-8H,5-6H2,1-4H3/t7-,8+,9?/m1/s1. The molecule has 0 aromatic carbocycles. The zero-order valence-electron chi connectivity index (χ0n) is 7.89. The molecule has 0 N–H and O–H groups in total. The molecule has 0 radical (unpaired) electrons. The van der Waals surface area contributed by atoms with E-state index >= 15 is 0 Å². The third kappa shape index (κ3) is 1.74. The average molecular weight is 158 g/mol. The molecule has 1 heterocycles. The van der Waals surface area contributed by atoms with E-state index in [0.29, 0.717) is 6.10 Å². The van der Waals surface area contributed by atoms with Crippen LogP contribution in [0.2, 0.25) is 0 Å². The summed E-state index contributed by atoms with van der Waals surface area (Å²) in [6.45, 7) is 8.31. The zero-order chi connectivity index (χ0) is 8.48. The van der Waals surface area contributed by atoms with Crippen LogP contribution < -0.4 is 0 Å². The van der Waals surface area contributed by atoms with Crippen LogP contribution in [0.1, 0.15) is 40.5 Å². The first kappa shape index (κ1) is 9.01. The predicted octanol–water partition coefficient (Wildman–Crippen LogP) is 2.33. The monoisotopic (exact) mass is 158 g/mol. The second-order valence-corrected chi connectivity index (χ2v) is 3.37. The minimum absolute atomic E-state index is 0.255. The Kier molecular flexibility index (Phi) is 2.55. The van der Waals surface area contributed by atoms with Gasteiger partial charge < -0.3 is 9.47 Å². The molecule has 0 aromatic heterocycles. The molecule has 2 heteroatoms. The topological polar surface area (TPSA) is 18.5 Å². The quantitative estimate of drug-likeness (QED) is 0.614. The van der Waals surface area contributed by atoms with Crippen LogP contribution in [0, 0.1) is 0 Å². The molecule has 1 unspecified atom stereocenters. The van der Waals surface area contributed by atoms with Gasteiger partial charge >= 0.3 is 0 Å². The third-order valence-corrected chi connectivity index (χ3v) is 2.40. The van der Waals surface area contributed by atoms with Crippen LogP contribution in [0.3, 0.4) is 0 Å². The lowest BCUT2D eigenvalue weighted by Crippen LogP contribution is -2.25. The fraction of sp³-hybridized carbons (Fsp3) is 1.00. The van der Waals surface area contributed by atoms with Gasteiger partial charge in [0.1, 0.15) is 0 Å². The minimum Gasteiger partial charge on any atom is -0.345 e. The van der Waals surface area contributed by atoms with Gasteiger partial charge in [-0.3, -0.25) is 0 Å². The molecule has 1 aliphatic rings. The molecule has 2 nitrogen and oxygen atoms in total. The van der Waals surface area contributed by atoms with Crippen molar-refractivity contribution in [3.05, 3.63) is 0 Å². The van der Waals surface area contributed by atoms with Crippen molar-refractivity contribution in [2.75, 3.05) is 0 Å². The molecule has 0 bridgehead atoms. The van der Waals surface area contributed by atoms with E-state index in [1.807, 2.05) is 6.92 Å². The summed E-state index contributed by atoms with van der Waals surface area (Å²) in [6, 6.07) is 0. The van der Waals surface area contributed by atoms with Crippen molar-refractivity contribution >= 4 is 0 Å². The van der Waals surface area contributed by atoms with E-state index in [-0.39, 0.29) is 11.9 Å². The lowest BCUT2D eigenvalue weighted by atomic mass is 10.2. The Bertz CT molecular complexity index is 136. The molecule has 0 amide bonds. The Morgan fingerprint density at radius 2 is 1.91 bits per heavy atom. The SMILES string of the molecule is CC[C@@H]1OC(C)(CC)O[C@@H]1C. The highest BCUT2D eigenvalue weighted by molar-refractivity contribution is 4.78.